The first-order valence-electron chi connectivity index (χ1n) is 34.3. The van der Waals surface area contributed by atoms with Crippen molar-refractivity contribution in [1.29, 1.82) is 0 Å². The monoisotopic (exact) mass is 1210 g/mol. The molecule has 0 aromatic carbocycles. The number of carbonyl (C=O) groups excluding carboxylic acids is 1. The first-order valence-corrected chi connectivity index (χ1v) is 34.3. The summed E-state index contributed by atoms with van der Waals surface area (Å²) in [4.78, 5) is 13.3. The Hall–Kier alpha value is -1.21. The standard InChI is InChI=1S/C65H125NO18/c1-3-5-7-9-11-13-14-15-16-17-18-19-20-21-22-23-24-25-26-27-28-29-30-31-32-33-35-36-38-40-42-49(70)48(66-53(71)43-41-39-37-34-12-10-8-6-4-2)47-79-63-59(77)56(74)61(51(45-68)81-63)84-65-60(78)57(75)62(52(46-69)82-65)83-64-58(76)55(73)54(72)50(44-67)80-64/h48-52,54-65,67-70,72-78H,3-47H2,1-2H3,(H,66,71). The Kier molecular flexibility index (Phi) is 44.6. The van der Waals surface area contributed by atoms with E-state index in [4.69, 9.17) is 28.4 Å². The van der Waals surface area contributed by atoms with E-state index in [1.54, 1.807) is 0 Å². The van der Waals surface area contributed by atoms with Crippen LogP contribution in [0.4, 0.5) is 0 Å². The van der Waals surface area contributed by atoms with Crippen molar-refractivity contribution in [3.05, 3.63) is 0 Å². The van der Waals surface area contributed by atoms with Gasteiger partial charge >= 0.3 is 0 Å². The number of unbranched alkanes of at least 4 members (excludes halogenated alkanes) is 37. The summed E-state index contributed by atoms with van der Waals surface area (Å²) in [6.45, 7) is 1.79. The van der Waals surface area contributed by atoms with Gasteiger partial charge in [0.15, 0.2) is 18.9 Å². The van der Waals surface area contributed by atoms with Crippen molar-refractivity contribution in [1.82, 2.24) is 5.32 Å². The van der Waals surface area contributed by atoms with Gasteiger partial charge in [0.25, 0.3) is 0 Å². The summed E-state index contributed by atoms with van der Waals surface area (Å²) in [5.41, 5.74) is 0. The Morgan fingerprint density at radius 3 is 1.04 bits per heavy atom. The third-order valence-corrected chi connectivity index (χ3v) is 17.7. The second kappa shape index (κ2) is 48.6. The van der Waals surface area contributed by atoms with Crippen LogP contribution in [-0.2, 0) is 33.2 Å². The maximum atomic E-state index is 13.3. The van der Waals surface area contributed by atoms with Crippen molar-refractivity contribution in [2.45, 2.75) is 381 Å². The Labute approximate surface area is 506 Å². The Bertz CT molecular complexity index is 1540. The third-order valence-electron chi connectivity index (χ3n) is 17.7. The fourth-order valence-electron chi connectivity index (χ4n) is 12.1. The summed E-state index contributed by atoms with van der Waals surface area (Å²) in [5, 5.41) is 120. The lowest BCUT2D eigenvalue weighted by Crippen LogP contribution is -2.66. The number of carbonyl (C=O) groups is 1. The number of ether oxygens (including phenoxy) is 6. The lowest BCUT2D eigenvalue weighted by Gasteiger charge is -2.48. The molecule has 17 unspecified atom stereocenters. The average Bonchev–Trinajstić information content (AvgIpc) is 3.13. The Morgan fingerprint density at radius 2 is 0.679 bits per heavy atom. The van der Waals surface area contributed by atoms with Crippen LogP contribution in [0.5, 0.6) is 0 Å². The number of rotatable bonds is 53. The number of hydrogen-bond donors (Lipinski definition) is 12. The van der Waals surface area contributed by atoms with Gasteiger partial charge in [-0.15, -0.1) is 0 Å². The molecule has 3 heterocycles. The molecule has 0 bridgehead atoms. The summed E-state index contributed by atoms with van der Waals surface area (Å²) in [6.07, 6.45) is 23.7. The Balaban J connectivity index is 1.35. The predicted octanol–water partition coefficient (Wildman–Crippen LogP) is 8.33. The average molecular weight is 1210 g/mol. The molecule has 17 atom stereocenters. The summed E-state index contributed by atoms with van der Waals surface area (Å²) >= 11 is 0. The molecule has 19 heteroatoms. The molecule has 0 radical (unpaired) electrons. The van der Waals surface area contributed by atoms with Gasteiger partial charge in [-0.25, -0.2) is 0 Å². The molecule has 0 aliphatic carbocycles. The van der Waals surface area contributed by atoms with E-state index in [2.05, 4.69) is 19.2 Å². The molecule has 0 spiro atoms. The highest BCUT2D eigenvalue weighted by molar-refractivity contribution is 5.76. The second-order valence-electron chi connectivity index (χ2n) is 25.0. The molecular weight excluding hydrogens is 1080 g/mol. The van der Waals surface area contributed by atoms with Gasteiger partial charge < -0.3 is 89.9 Å². The highest BCUT2D eigenvalue weighted by atomic mass is 16.8. The van der Waals surface area contributed by atoms with E-state index in [1.165, 1.54) is 199 Å². The minimum Gasteiger partial charge on any atom is -0.394 e. The Morgan fingerprint density at radius 1 is 0.381 bits per heavy atom. The van der Waals surface area contributed by atoms with Crippen LogP contribution in [0.15, 0.2) is 0 Å². The molecule has 3 aliphatic rings. The zero-order valence-corrected chi connectivity index (χ0v) is 52.4. The van der Waals surface area contributed by atoms with Crippen molar-refractivity contribution in [2.75, 3.05) is 26.4 Å². The minimum absolute atomic E-state index is 0.242. The van der Waals surface area contributed by atoms with Gasteiger partial charge in [-0.05, 0) is 12.8 Å². The van der Waals surface area contributed by atoms with Gasteiger partial charge in [-0.3, -0.25) is 4.79 Å². The van der Waals surface area contributed by atoms with E-state index in [-0.39, 0.29) is 18.9 Å². The highest BCUT2D eigenvalue weighted by Crippen LogP contribution is 2.33. The molecule has 3 rings (SSSR count). The van der Waals surface area contributed by atoms with E-state index >= 15 is 0 Å². The molecule has 1 amide bonds. The molecule has 0 aromatic rings. The second-order valence-corrected chi connectivity index (χ2v) is 25.0. The highest BCUT2D eigenvalue weighted by Gasteiger charge is 2.53. The summed E-state index contributed by atoms with van der Waals surface area (Å²) in [6, 6.07) is -0.880. The van der Waals surface area contributed by atoms with Crippen LogP contribution in [0.3, 0.4) is 0 Å². The molecule has 3 saturated heterocycles. The minimum atomic E-state index is -1.97. The number of aliphatic hydroxyl groups is 11. The van der Waals surface area contributed by atoms with Crippen molar-refractivity contribution >= 4 is 5.91 Å². The van der Waals surface area contributed by atoms with Crippen LogP contribution in [0.1, 0.15) is 277 Å². The molecule has 0 aromatic heterocycles. The molecule has 19 nitrogen and oxygen atoms in total. The topological polar surface area (TPSA) is 307 Å². The quantitative estimate of drug-likeness (QED) is 0.0255. The number of hydrogen-bond acceptors (Lipinski definition) is 18. The lowest BCUT2D eigenvalue weighted by molar-refractivity contribution is -0.379. The summed E-state index contributed by atoms with van der Waals surface area (Å²) < 4.78 is 34.3. The van der Waals surface area contributed by atoms with E-state index in [0.717, 1.165) is 44.9 Å². The molecular formula is C65H125NO18. The van der Waals surface area contributed by atoms with E-state index in [9.17, 15) is 61.0 Å². The molecule has 0 saturated carbocycles. The van der Waals surface area contributed by atoms with Gasteiger partial charge in [0.05, 0.1) is 38.6 Å². The summed E-state index contributed by atoms with van der Waals surface area (Å²) in [5.74, 6) is -0.242. The van der Waals surface area contributed by atoms with Crippen LogP contribution < -0.4 is 5.32 Å². The van der Waals surface area contributed by atoms with Gasteiger partial charge in [-0.1, -0.05) is 258 Å². The van der Waals surface area contributed by atoms with E-state index < -0.39 is 124 Å². The summed E-state index contributed by atoms with van der Waals surface area (Å²) in [7, 11) is 0. The van der Waals surface area contributed by atoms with Crippen LogP contribution in [0.25, 0.3) is 0 Å². The fraction of sp³-hybridized carbons (Fsp3) is 0.985. The predicted molar refractivity (Wildman–Crippen MR) is 324 cm³/mol. The fourth-order valence-corrected chi connectivity index (χ4v) is 12.1. The third kappa shape index (κ3) is 31.0. The van der Waals surface area contributed by atoms with Crippen molar-refractivity contribution in [3.8, 4) is 0 Å². The maximum absolute atomic E-state index is 13.3. The van der Waals surface area contributed by atoms with Crippen LogP contribution in [0, 0.1) is 0 Å². The first kappa shape index (κ1) is 77.0. The van der Waals surface area contributed by atoms with Gasteiger partial charge in [0, 0.05) is 6.42 Å². The van der Waals surface area contributed by atoms with Gasteiger partial charge in [0.2, 0.25) is 5.91 Å². The lowest BCUT2D eigenvalue weighted by atomic mass is 9.96. The normalized spacial score (nSPS) is 29.1. The number of nitrogens with one attached hydrogen (secondary N) is 1. The van der Waals surface area contributed by atoms with E-state index in [1.807, 2.05) is 0 Å². The van der Waals surface area contributed by atoms with Gasteiger partial charge in [0.1, 0.15) is 73.2 Å². The molecule has 3 aliphatic heterocycles. The van der Waals surface area contributed by atoms with Crippen LogP contribution in [0.2, 0.25) is 0 Å². The smallest absolute Gasteiger partial charge is 0.220 e. The van der Waals surface area contributed by atoms with Crippen LogP contribution in [-0.4, -0.2) is 193 Å². The zero-order valence-electron chi connectivity index (χ0n) is 52.4. The maximum Gasteiger partial charge on any atom is 0.220 e. The number of aliphatic hydroxyl groups excluding tert-OH is 11. The zero-order chi connectivity index (χ0) is 61.2. The van der Waals surface area contributed by atoms with Crippen molar-refractivity contribution < 1.29 is 89.4 Å². The molecule has 3 fully saturated rings. The van der Waals surface area contributed by atoms with Crippen molar-refractivity contribution in [3.63, 3.8) is 0 Å². The van der Waals surface area contributed by atoms with Gasteiger partial charge in [-0.2, -0.15) is 0 Å². The number of amides is 1. The first-order chi connectivity index (χ1) is 40.8. The largest absolute Gasteiger partial charge is 0.394 e. The van der Waals surface area contributed by atoms with Crippen LogP contribution >= 0.6 is 0 Å². The van der Waals surface area contributed by atoms with Crippen molar-refractivity contribution in [2.24, 2.45) is 0 Å². The van der Waals surface area contributed by atoms with E-state index in [0.29, 0.717) is 12.8 Å². The molecule has 12 N–H and O–H groups in total. The molecule has 84 heavy (non-hydrogen) atoms. The molecule has 498 valence electrons. The SMILES string of the molecule is CCCCCCCCCCCCCCCCCCCCCCCCCCCCCCCCC(O)C(COC1OC(CO)C(OC2OC(CO)C(OC3OC(CO)C(O)C(O)C3O)C(O)C2O)C(O)C1O)NC(=O)CCCCCCCCCCC.